The first kappa shape index (κ1) is 27.8. The van der Waals surface area contributed by atoms with Crippen molar-refractivity contribution in [2.75, 3.05) is 6.54 Å². The van der Waals surface area contributed by atoms with Gasteiger partial charge in [0.15, 0.2) is 0 Å². The zero-order chi connectivity index (χ0) is 25.2. The largest absolute Gasteiger partial charge is 0.508 e. The van der Waals surface area contributed by atoms with Crippen LogP contribution in [0, 0.1) is 18.4 Å². The van der Waals surface area contributed by atoms with E-state index < -0.39 is 35.6 Å². The Balaban J connectivity index is 3.29. The standard InChI is InChI=1S/C25H37N3O5/c1-8-10-15-26-22(30)21(18-11-13-19(29)14-12-18)28(9-2)23(31)20(16-17(3)4)27-24(32)33-25(5,6)7/h2,11-14,17,20-21,29H,8,10,15-16H2,1,3-7H3,(H,26,30)(H,27,32). The van der Waals surface area contributed by atoms with Gasteiger partial charge in [0.25, 0.3) is 5.91 Å². The molecule has 182 valence electrons. The Morgan fingerprint density at radius 2 is 1.79 bits per heavy atom. The fourth-order valence-corrected chi connectivity index (χ4v) is 3.14. The summed E-state index contributed by atoms with van der Waals surface area (Å²) >= 11 is 0. The van der Waals surface area contributed by atoms with Gasteiger partial charge in [-0.05, 0) is 57.2 Å². The molecule has 2 unspecified atom stereocenters. The third-order valence-corrected chi connectivity index (χ3v) is 4.62. The molecule has 33 heavy (non-hydrogen) atoms. The highest BCUT2D eigenvalue weighted by Gasteiger charge is 2.36. The van der Waals surface area contributed by atoms with E-state index in [4.69, 9.17) is 11.2 Å². The minimum Gasteiger partial charge on any atom is -0.508 e. The molecule has 8 nitrogen and oxygen atoms in total. The SMILES string of the molecule is C#CN(C(=O)C(CC(C)C)NC(=O)OC(C)(C)C)C(C(=O)NCCCC)c1ccc(O)cc1. The summed E-state index contributed by atoms with van der Waals surface area (Å²) in [5, 5.41) is 15.1. The molecular formula is C25H37N3O5. The predicted octanol–water partition coefficient (Wildman–Crippen LogP) is 3.71. The summed E-state index contributed by atoms with van der Waals surface area (Å²) in [6.07, 6.45) is 6.93. The van der Waals surface area contributed by atoms with Crippen molar-refractivity contribution in [3.05, 3.63) is 29.8 Å². The number of alkyl carbamates (subject to hydrolysis) is 1. The molecule has 0 aliphatic carbocycles. The van der Waals surface area contributed by atoms with Crippen LogP contribution in [0.25, 0.3) is 0 Å². The van der Waals surface area contributed by atoms with Crippen LogP contribution in [-0.4, -0.2) is 46.1 Å². The van der Waals surface area contributed by atoms with Crippen LogP contribution in [0.2, 0.25) is 0 Å². The van der Waals surface area contributed by atoms with Gasteiger partial charge in [0, 0.05) is 12.6 Å². The molecule has 2 atom stereocenters. The summed E-state index contributed by atoms with van der Waals surface area (Å²) in [7, 11) is 0. The van der Waals surface area contributed by atoms with Crippen molar-refractivity contribution >= 4 is 17.9 Å². The molecule has 3 amide bonds. The molecule has 1 aromatic carbocycles. The summed E-state index contributed by atoms with van der Waals surface area (Å²) in [6.45, 7) is 11.4. The lowest BCUT2D eigenvalue weighted by Gasteiger charge is -2.31. The van der Waals surface area contributed by atoms with Gasteiger partial charge in [0.1, 0.15) is 23.4 Å². The lowest BCUT2D eigenvalue weighted by Crippen LogP contribution is -2.52. The number of terminal acetylenes is 1. The molecule has 0 fully saturated rings. The van der Waals surface area contributed by atoms with Gasteiger partial charge in [0.05, 0.1) is 0 Å². The first-order chi connectivity index (χ1) is 15.4. The van der Waals surface area contributed by atoms with Gasteiger partial charge >= 0.3 is 6.09 Å². The Labute approximate surface area is 197 Å². The molecule has 0 bridgehead atoms. The molecule has 0 heterocycles. The number of carbonyl (C=O) groups is 3. The third-order valence-electron chi connectivity index (χ3n) is 4.62. The monoisotopic (exact) mass is 459 g/mol. The van der Waals surface area contributed by atoms with Gasteiger partial charge in [-0.2, -0.15) is 0 Å². The van der Waals surface area contributed by atoms with Crippen molar-refractivity contribution in [3.8, 4) is 18.2 Å². The number of ether oxygens (including phenoxy) is 1. The van der Waals surface area contributed by atoms with E-state index in [1.165, 1.54) is 24.3 Å². The van der Waals surface area contributed by atoms with Crippen molar-refractivity contribution in [2.45, 2.75) is 78.5 Å². The molecule has 0 saturated heterocycles. The molecule has 0 radical (unpaired) electrons. The van der Waals surface area contributed by atoms with E-state index in [0.717, 1.165) is 17.7 Å². The molecule has 8 heteroatoms. The number of unbranched alkanes of at least 4 members (excludes halogenated alkanes) is 1. The minimum atomic E-state index is -1.13. The van der Waals surface area contributed by atoms with E-state index in [2.05, 4.69) is 16.7 Å². The van der Waals surface area contributed by atoms with Crippen LogP contribution in [0.4, 0.5) is 4.79 Å². The zero-order valence-electron chi connectivity index (χ0n) is 20.5. The fraction of sp³-hybridized carbons (Fsp3) is 0.560. The summed E-state index contributed by atoms with van der Waals surface area (Å²) in [4.78, 5) is 40.0. The topological polar surface area (TPSA) is 108 Å². The highest BCUT2D eigenvalue weighted by molar-refractivity contribution is 5.93. The summed E-state index contributed by atoms with van der Waals surface area (Å²) in [6, 6.07) is 6.13. The Hall–Kier alpha value is -3.21. The molecule has 0 saturated carbocycles. The second-order valence-corrected chi connectivity index (χ2v) is 9.30. The minimum absolute atomic E-state index is 0.0201. The van der Waals surface area contributed by atoms with Gasteiger partial charge in [-0.3, -0.25) is 14.5 Å². The Kier molecular flexibility index (Phi) is 10.7. The van der Waals surface area contributed by atoms with Crippen LogP contribution >= 0.6 is 0 Å². The maximum Gasteiger partial charge on any atom is 0.408 e. The first-order valence-electron chi connectivity index (χ1n) is 11.2. The van der Waals surface area contributed by atoms with Crippen molar-refractivity contribution in [1.29, 1.82) is 0 Å². The molecular weight excluding hydrogens is 422 g/mol. The van der Waals surface area contributed by atoms with Crippen molar-refractivity contribution in [3.63, 3.8) is 0 Å². The van der Waals surface area contributed by atoms with Gasteiger partial charge in [-0.1, -0.05) is 45.7 Å². The highest BCUT2D eigenvalue weighted by Crippen LogP contribution is 2.25. The number of rotatable bonds is 10. The van der Waals surface area contributed by atoms with Crippen molar-refractivity contribution in [1.82, 2.24) is 15.5 Å². The lowest BCUT2D eigenvalue weighted by atomic mass is 9.99. The van der Waals surface area contributed by atoms with Gasteiger partial charge in [-0.25, -0.2) is 4.79 Å². The number of hydrogen-bond acceptors (Lipinski definition) is 5. The number of phenols is 1. The molecule has 0 spiro atoms. The van der Waals surface area contributed by atoms with E-state index in [-0.39, 0.29) is 11.7 Å². The Morgan fingerprint density at radius 3 is 2.27 bits per heavy atom. The summed E-state index contributed by atoms with van der Waals surface area (Å²) in [5.41, 5.74) is -0.302. The maximum atomic E-state index is 13.5. The number of nitrogens with one attached hydrogen (secondary N) is 2. The summed E-state index contributed by atoms with van der Waals surface area (Å²) in [5.74, 6) is -0.965. The van der Waals surface area contributed by atoms with E-state index in [0.29, 0.717) is 18.5 Å². The number of aromatic hydroxyl groups is 1. The van der Waals surface area contributed by atoms with Gasteiger partial charge in [-0.15, -0.1) is 0 Å². The molecule has 3 N–H and O–H groups in total. The molecule has 1 aromatic rings. The molecule has 1 rings (SSSR count). The second-order valence-electron chi connectivity index (χ2n) is 9.30. The van der Waals surface area contributed by atoms with Crippen LogP contribution in [-0.2, 0) is 14.3 Å². The number of nitrogens with zero attached hydrogens (tertiary/aromatic N) is 1. The van der Waals surface area contributed by atoms with E-state index >= 15 is 0 Å². The summed E-state index contributed by atoms with van der Waals surface area (Å²) < 4.78 is 5.31. The quantitative estimate of drug-likeness (QED) is 0.281. The van der Waals surface area contributed by atoms with Crippen LogP contribution < -0.4 is 10.6 Å². The van der Waals surface area contributed by atoms with Crippen molar-refractivity contribution in [2.24, 2.45) is 5.92 Å². The zero-order valence-corrected chi connectivity index (χ0v) is 20.5. The van der Waals surface area contributed by atoms with Crippen LogP contribution in [0.3, 0.4) is 0 Å². The Bertz CT molecular complexity index is 837. The van der Waals surface area contributed by atoms with E-state index in [1.807, 2.05) is 20.8 Å². The third kappa shape index (κ3) is 9.44. The molecule has 0 aliphatic rings. The average molecular weight is 460 g/mol. The van der Waals surface area contributed by atoms with Gasteiger partial charge < -0.3 is 20.5 Å². The normalized spacial score (nSPS) is 12.9. The molecule has 0 aromatic heterocycles. The Morgan fingerprint density at radius 1 is 1.18 bits per heavy atom. The number of amides is 3. The number of benzene rings is 1. The van der Waals surface area contributed by atoms with Crippen molar-refractivity contribution < 1.29 is 24.2 Å². The average Bonchev–Trinajstić information content (AvgIpc) is 2.70. The number of carbonyl (C=O) groups excluding carboxylic acids is 3. The highest BCUT2D eigenvalue weighted by atomic mass is 16.6. The first-order valence-corrected chi connectivity index (χ1v) is 11.2. The smallest absolute Gasteiger partial charge is 0.408 e. The molecule has 0 aliphatic heterocycles. The van der Waals surface area contributed by atoms with Crippen LogP contribution in [0.1, 0.15) is 72.4 Å². The lowest BCUT2D eigenvalue weighted by molar-refractivity contribution is -0.138. The maximum absolute atomic E-state index is 13.5. The number of phenolic OH excluding ortho intramolecular Hbond substituents is 1. The predicted molar refractivity (Wildman–Crippen MR) is 127 cm³/mol. The van der Waals surface area contributed by atoms with E-state index in [1.54, 1.807) is 20.8 Å². The van der Waals surface area contributed by atoms with Crippen LogP contribution in [0.15, 0.2) is 24.3 Å². The van der Waals surface area contributed by atoms with Crippen LogP contribution in [0.5, 0.6) is 5.75 Å². The number of hydrogen-bond donors (Lipinski definition) is 3. The van der Waals surface area contributed by atoms with E-state index in [9.17, 15) is 19.5 Å². The fourth-order valence-electron chi connectivity index (χ4n) is 3.14. The second kappa shape index (κ2) is 12.7. The van der Waals surface area contributed by atoms with Gasteiger partial charge in [0.2, 0.25) is 5.91 Å².